The van der Waals surface area contributed by atoms with E-state index in [-0.39, 0.29) is 0 Å². The lowest BCUT2D eigenvalue weighted by atomic mass is 10.1. The number of carbonyl (C=O) groups is 1. The summed E-state index contributed by atoms with van der Waals surface area (Å²) >= 11 is 0. The van der Waals surface area contributed by atoms with Crippen LogP contribution in [0.2, 0.25) is 0 Å². The summed E-state index contributed by atoms with van der Waals surface area (Å²) in [5.41, 5.74) is 5.89. The van der Waals surface area contributed by atoms with Crippen LogP contribution in [0, 0.1) is 0 Å². The van der Waals surface area contributed by atoms with Crippen LogP contribution in [0.5, 0.6) is 0 Å². The second kappa shape index (κ2) is 3.25. The largest absolute Gasteiger partial charge is 0.480 e. The van der Waals surface area contributed by atoms with Crippen molar-refractivity contribution in [3.05, 3.63) is 11.6 Å². The molecule has 0 aromatic carbocycles. The van der Waals surface area contributed by atoms with Crippen molar-refractivity contribution in [2.24, 2.45) is 5.73 Å². The molecule has 0 heterocycles. The fourth-order valence-electron chi connectivity index (χ4n) is 0.374. The molecule has 0 fully saturated rings. The third-order valence-electron chi connectivity index (χ3n) is 1.21. The van der Waals surface area contributed by atoms with Crippen molar-refractivity contribution in [1.82, 2.24) is 0 Å². The maximum absolute atomic E-state index is 10.1. The Morgan fingerprint density at radius 3 is 2.33 bits per heavy atom. The van der Waals surface area contributed by atoms with Crippen LogP contribution < -0.4 is 5.73 Å². The SMILES string of the molecule is C/C=C(/C)[C@H](N)C(=O)O. The number of carboxylic acids is 1. The molecular weight excluding hydrogens is 118 g/mol. The van der Waals surface area contributed by atoms with Crippen molar-refractivity contribution < 1.29 is 9.90 Å². The molecule has 3 nitrogen and oxygen atoms in total. The molecule has 0 radical (unpaired) electrons. The number of nitrogens with two attached hydrogens (primary N) is 1. The van der Waals surface area contributed by atoms with Crippen molar-refractivity contribution in [3.63, 3.8) is 0 Å². The summed E-state index contributed by atoms with van der Waals surface area (Å²) in [6.45, 7) is 3.46. The van der Waals surface area contributed by atoms with E-state index in [1.807, 2.05) is 0 Å². The monoisotopic (exact) mass is 129 g/mol. The highest BCUT2D eigenvalue weighted by Gasteiger charge is 2.11. The van der Waals surface area contributed by atoms with E-state index < -0.39 is 12.0 Å². The van der Waals surface area contributed by atoms with Crippen LogP contribution >= 0.6 is 0 Å². The predicted octanol–water partition coefficient (Wildman–Crippen LogP) is 0.365. The normalized spacial score (nSPS) is 15.2. The van der Waals surface area contributed by atoms with Crippen LogP contribution in [0.3, 0.4) is 0 Å². The van der Waals surface area contributed by atoms with Crippen molar-refractivity contribution in [1.29, 1.82) is 0 Å². The molecule has 0 saturated carbocycles. The van der Waals surface area contributed by atoms with Gasteiger partial charge in [0.2, 0.25) is 0 Å². The van der Waals surface area contributed by atoms with Gasteiger partial charge in [0.1, 0.15) is 6.04 Å². The van der Waals surface area contributed by atoms with E-state index in [0.29, 0.717) is 5.57 Å². The molecule has 0 aromatic heterocycles. The summed E-state index contributed by atoms with van der Waals surface area (Å²) in [6.07, 6.45) is 1.69. The lowest BCUT2D eigenvalue weighted by Gasteiger charge is -2.03. The summed E-state index contributed by atoms with van der Waals surface area (Å²) in [5.74, 6) is -0.981. The smallest absolute Gasteiger partial charge is 0.324 e. The average molecular weight is 129 g/mol. The van der Waals surface area contributed by atoms with E-state index >= 15 is 0 Å². The first-order chi connectivity index (χ1) is 4.09. The second-order valence-corrected chi connectivity index (χ2v) is 1.85. The molecule has 0 rings (SSSR count). The Bertz CT molecular complexity index is 140. The van der Waals surface area contributed by atoms with Crippen molar-refractivity contribution in [2.45, 2.75) is 19.9 Å². The first kappa shape index (κ1) is 8.17. The summed E-state index contributed by atoms with van der Waals surface area (Å²) in [7, 11) is 0. The summed E-state index contributed by atoms with van der Waals surface area (Å²) < 4.78 is 0. The summed E-state index contributed by atoms with van der Waals surface area (Å²) in [6, 6.07) is -0.838. The van der Waals surface area contributed by atoms with E-state index in [1.54, 1.807) is 19.9 Å². The molecule has 0 saturated heterocycles. The molecular formula is C6H11NO2. The molecule has 3 N–H and O–H groups in total. The molecule has 0 spiro atoms. The molecule has 0 aliphatic rings. The fraction of sp³-hybridized carbons (Fsp3) is 0.500. The van der Waals surface area contributed by atoms with Crippen LogP contribution in [-0.4, -0.2) is 17.1 Å². The van der Waals surface area contributed by atoms with E-state index in [0.717, 1.165) is 0 Å². The fourth-order valence-corrected chi connectivity index (χ4v) is 0.374. The number of aliphatic carboxylic acids is 1. The van der Waals surface area contributed by atoms with Gasteiger partial charge in [0.25, 0.3) is 0 Å². The number of carboxylic acid groups (broad SMARTS) is 1. The Kier molecular flexibility index (Phi) is 2.95. The van der Waals surface area contributed by atoms with Gasteiger partial charge in [-0.1, -0.05) is 6.08 Å². The van der Waals surface area contributed by atoms with E-state index in [9.17, 15) is 4.79 Å². The van der Waals surface area contributed by atoms with Crippen LogP contribution in [0.25, 0.3) is 0 Å². The third-order valence-corrected chi connectivity index (χ3v) is 1.21. The minimum absolute atomic E-state index is 0.683. The maximum Gasteiger partial charge on any atom is 0.324 e. The van der Waals surface area contributed by atoms with Crippen LogP contribution in [0.4, 0.5) is 0 Å². The van der Waals surface area contributed by atoms with E-state index in [1.165, 1.54) is 0 Å². The Morgan fingerprint density at radius 1 is 1.78 bits per heavy atom. The Balaban J connectivity index is 4.04. The van der Waals surface area contributed by atoms with Gasteiger partial charge in [0, 0.05) is 0 Å². The zero-order valence-corrected chi connectivity index (χ0v) is 5.59. The lowest BCUT2D eigenvalue weighted by Crippen LogP contribution is -2.30. The molecule has 3 heteroatoms. The Labute approximate surface area is 54.2 Å². The Morgan fingerprint density at radius 2 is 2.22 bits per heavy atom. The summed E-state index contributed by atoms with van der Waals surface area (Å²) in [5, 5.41) is 8.32. The van der Waals surface area contributed by atoms with Crippen LogP contribution in [0.1, 0.15) is 13.8 Å². The minimum Gasteiger partial charge on any atom is -0.480 e. The first-order valence-electron chi connectivity index (χ1n) is 2.70. The minimum atomic E-state index is -0.981. The molecule has 0 aliphatic heterocycles. The average Bonchev–Trinajstić information content (AvgIpc) is 1.84. The number of hydrogen-bond acceptors (Lipinski definition) is 2. The molecule has 9 heavy (non-hydrogen) atoms. The molecule has 0 bridgehead atoms. The second-order valence-electron chi connectivity index (χ2n) is 1.85. The number of hydrogen-bond donors (Lipinski definition) is 2. The van der Waals surface area contributed by atoms with Crippen LogP contribution in [-0.2, 0) is 4.79 Å². The predicted molar refractivity (Wildman–Crippen MR) is 35.0 cm³/mol. The van der Waals surface area contributed by atoms with Crippen molar-refractivity contribution in [2.75, 3.05) is 0 Å². The highest BCUT2D eigenvalue weighted by atomic mass is 16.4. The van der Waals surface area contributed by atoms with Gasteiger partial charge in [-0.2, -0.15) is 0 Å². The van der Waals surface area contributed by atoms with Gasteiger partial charge in [0.05, 0.1) is 0 Å². The van der Waals surface area contributed by atoms with Gasteiger partial charge in [-0.25, -0.2) is 0 Å². The highest BCUT2D eigenvalue weighted by Crippen LogP contribution is 1.96. The summed E-state index contributed by atoms with van der Waals surface area (Å²) in [4.78, 5) is 10.1. The van der Waals surface area contributed by atoms with Crippen molar-refractivity contribution in [3.8, 4) is 0 Å². The molecule has 52 valence electrons. The van der Waals surface area contributed by atoms with Gasteiger partial charge in [-0.05, 0) is 19.4 Å². The van der Waals surface area contributed by atoms with Gasteiger partial charge in [-0.3, -0.25) is 4.79 Å². The quantitative estimate of drug-likeness (QED) is 0.529. The molecule has 1 atom stereocenters. The van der Waals surface area contributed by atoms with Crippen molar-refractivity contribution >= 4 is 5.97 Å². The zero-order chi connectivity index (χ0) is 7.44. The lowest BCUT2D eigenvalue weighted by molar-refractivity contribution is -0.137. The molecule has 0 unspecified atom stereocenters. The molecule has 0 aromatic rings. The van der Waals surface area contributed by atoms with E-state index in [4.69, 9.17) is 10.8 Å². The van der Waals surface area contributed by atoms with Gasteiger partial charge in [0.15, 0.2) is 0 Å². The van der Waals surface area contributed by atoms with Gasteiger partial charge in [-0.15, -0.1) is 0 Å². The topological polar surface area (TPSA) is 63.3 Å². The van der Waals surface area contributed by atoms with Gasteiger partial charge >= 0.3 is 5.97 Å². The number of allylic oxidation sites excluding steroid dienone is 1. The Hall–Kier alpha value is -0.830. The zero-order valence-electron chi connectivity index (χ0n) is 5.59. The third kappa shape index (κ3) is 2.28. The maximum atomic E-state index is 10.1. The number of rotatable bonds is 2. The first-order valence-corrected chi connectivity index (χ1v) is 2.70. The van der Waals surface area contributed by atoms with Crippen LogP contribution in [0.15, 0.2) is 11.6 Å². The highest BCUT2D eigenvalue weighted by molar-refractivity contribution is 5.76. The molecule has 0 amide bonds. The van der Waals surface area contributed by atoms with Gasteiger partial charge < -0.3 is 10.8 Å². The molecule has 0 aliphatic carbocycles. The van der Waals surface area contributed by atoms with E-state index in [2.05, 4.69) is 0 Å². The standard InChI is InChI=1S/C6H11NO2/c1-3-4(2)5(7)6(8)9/h3,5H,7H2,1-2H3,(H,8,9)/b4-3-/t5-/m0/s1.